The molecule has 0 spiro atoms. The van der Waals surface area contributed by atoms with Gasteiger partial charge in [-0.15, -0.1) is 11.3 Å². The van der Waals surface area contributed by atoms with Gasteiger partial charge in [-0.05, 0) is 23.6 Å². The van der Waals surface area contributed by atoms with Gasteiger partial charge in [0, 0.05) is 19.3 Å². The van der Waals surface area contributed by atoms with Crippen molar-refractivity contribution in [2.24, 2.45) is 0 Å². The van der Waals surface area contributed by atoms with Crippen molar-refractivity contribution in [3.05, 3.63) is 46.3 Å². The number of amides is 2. The van der Waals surface area contributed by atoms with Crippen LogP contribution >= 0.6 is 11.3 Å². The van der Waals surface area contributed by atoms with Crippen LogP contribution in [0.3, 0.4) is 0 Å². The van der Waals surface area contributed by atoms with Crippen LogP contribution in [0.4, 0.5) is 5.82 Å². The minimum Gasteiger partial charge on any atom is -0.452 e. The normalized spacial score (nSPS) is 13.9. The number of rotatable bonds is 5. The van der Waals surface area contributed by atoms with Gasteiger partial charge in [-0.1, -0.05) is 6.07 Å². The van der Waals surface area contributed by atoms with Gasteiger partial charge >= 0.3 is 5.97 Å². The van der Waals surface area contributed by atoms with Crippen LogP contribution < -0.4 is 10.2 Å². The van der Waals surface area contributed by atoms with Crippen LogP contribution in [0.2, 0.25) is 0 Å². The largest absolute Gasteiger partial charge is 0.452 e. The maximum atomic E-state index is 12.3. The third-order valence-corrected chi connectivity index (χ3v) is 4.52. The monoisotopic (exact) mass is 375 g/mol. The number of thiophene rings is 1. The summed E-state index contributed by atoms with van der Waals surface area (Å²) in [7, 11) is 0. The Bertz CT molecular complexity index is 787. The Labute approximate surface area is 153 Å². The molecule has 1 aliphatic heterocycles. The van der Waals surface area contributed by atoms with E-state index in [4.69, 9.17) is 9.47 Å². The Morgan fingerprint density at radius 3 is 2.77 bits per heavy atom. The number of pyridine rings is 1. The predicted octanol–water partition coefficient (Wildman–Crippen LogP) is 1.09. The third-order valence-electron chi connectivity index (χ3n) is 3.65. The first-order valence-electron chi connectivity index (χ1n) is 7.97. The van der Waals surface area contributed by atoms with Gasteiger partial charge in [-0.3, -0.25) is 14.9 Å². The summed E-state index contributed by atoms with van der Waals surface area (Å²) in [5.41, 5.74) is 0.270. The maximum absolute atomic E-state index is 12.3. The van der Waals surface area contributed by atoms with E-state index >= 15 is 0 Å². The second kappa shape index (κ2) is 8.54. The molecule has 1 aliphatic rings. The number of ether oxygens (including phenoxy) is 2. The highest BCUT2D eigenvalue weighted by molar-refractivity contribution is 7.12. The van der Waals surface area contributed by atoms with Crippen LogP contribution in [-0.2, 0) is 14.3 Å². The molecular weight excluding hydrogens is 358 g/mol. The van der Waals surface area contributed by atoms with Crippen molar-refractivity contribution < 1.29 is 23.9 Å². The van der Waals surface area contributed by atoms with Crippen molar-refractivity contribution in [2.75, 3.05) is 37.8 Å². The zero-order valence-electron chi connectivity index (χ0n) is 13.8. The molecule has 1 N–H and O–H groups in total. The van der Waals surface area contributed by atoms with Gasteiger partial charge in [-0.2, -0.15) is 0 Å². The molecule has 1 saturated heterocycles. The zero-order valence-corrected chi connectivity index (χ0v) is 14.7. The number of esters is 1. The fourth-order valence-corrected chi connectivity index (χ4v) is 3.04. The van der Waals surface area contributed by atoms with Crippen LogP contribution in [0.25, 0.3) is 0 Å². The van der Waals surface area contributed by atoms with E-state index in [1.54, 1.807) is 35.8 Å². The highest BCUT2D eigenvalue weighted by Crippen LogP contribution is 2.19. The smallest absolute Gasteiger partial charge is 0.342 e. The molecule has 3 rings (SSSR count). The molecule has 0 saturated carbocycles. The first-order chi connectivity index (χ1) is 12.6. The van der Waals surface area contributed by atoms with Crippen LogP contribution in [0, 0.1) is 0 Å². The number of imide groups is 1. The van der Waals surface area contributed by atoms with Crippen molar-refractivity contribution >= 4 is 34.9 Å². The number of nitrogens with zero attached hydrogens (tertiary/aromatic N) is 2. The van der Waals surface area contributed by atoms with Gasteiger partial charge in [-0.25, -0.2) is 9.78 Å². The Morgan fingerprint density at radius 2 is 2.04 bits per heavy atom. The van der Waals surface area contributed by atoms with E-state index in [1.807, 2.05) is 4.90 Å². The van der Waals surface area contributed by atoms with Crippen LogP contribution in [0.5, 0.6) is 0 Å². The fourth-order valence-electron chi connectivity index (χ4n) is 2.42. The van der Waals surface area contributed by atoms with Gasteiger partial charge in [0.05, 0.1) is 18.1 Å². The molecule has 0 radical (unpaired) electrons. The molecule has 26 heavy (non-hydrogen) atoms. The number of nitrogens with one attached hydrogen (secondary N) is 1. The molecule has 0 aromatic carbocycles. The Morgan fingerprint density at radius 1 is 1.23 bits per heavy atom. The first-order valence-corrected chi connectivity index (χ1v) is 8.85. The quantitative estimate of drug-likeness (QED) is 0.781. The van der Waals surface area contributed by atoms with Crippen molar-refractivity contribution in [3.8, 4) is 0 Å². The molecule has 0 bridgehead atoms. The van der Waals surface area contributed by atoms with Crippen molar-refractivity contribution in [2.45, 2.75) is 0 Å². The zero-order chi connectivity index (χ0) is 18.4. The molecule has 2 aromatic rings. The molecule has 0 atom stereocenters. The molecular formula is C17H17N3O5S. The van der Waals surface area contributed by atoms with Crippen LogP contribution in [-0.4, -0.2) is 55.7 Å². The molecule has 3 heterocycles. The second-order valence-corrected chi connectivity index (χ2v) is 6.35. The Kier molecular flexibility index (Phi) is 5.92. The minimum atomic E-state index is -0.687. The van der Waals surface area contributed by atoms with Crippen LogP contribution in [0.15, 0.2) is 35.8 Å². The van der Waals surface area contributed by atoms with Crippen molar-refractivity contribution in [1.82, 2.24) is 10.3 Å². The third kappa shape index (κ3) is 4.44. The van der Waals surface area contributed by atoms with Crippen molar-refractivity contribution in [1.29, 1.82) is 0 Å². The lowest BCUT2D eigenvalue weighted by Crippen LogP contribution is -2.38. The van der Waals surface area contributed by atoms with Crippen molar-refractivity contribution in [3.63, 3.8) is 0 Å². The molecule has 136 valence electrons. The summed E-state index contributed by atoms with van der Waals surface area (Å²) in [5, 5.41) is 3.91. The van der Waals surface area contributed by atoms with E-state index < -0.39 is 24.4 Å². The van der Waals surface area contributed by atoms with E-state index in [-0.39, 0.29) is 5.56 Å². The van der Waals surface area contributed by atoms with E-state index in [1.165, 1.54) is 11.3 Å². The summed E-state index contributed by atoms with van der Waals surface area (Å²) in [6, 6.07) is 6.53. The number of aromatic nitrogens is 1. The highest BCUT2D eigenvalue weighted by atomic mass is 32.1. The van der Waals surface area contributed by atoms with E-state index in [2.05, 4.69) is 10.3 Å². The molecule has 8 nitrogen and oxygen atoms in total. The molecule has 1 fully saturated rings. The highest BCUT2D eigenvalue weighted by Gasteiger charge is 2.21. The molecule has 2 aromatic heterocycles. The van der Waals surface area contributed by atoms with E-state index in [0.717, 1.165) is 0 Å². The second-order valence-electron chi connectivity index (χ2n) is 5.40. The number of anilines is 1. The summed E-state index contributed by atoms with van der Waals surface area (Å²) in [6.07, 6.45) is 1.59. The van der Waals surface area contributed by atoms with Gasteiger partial charge in [0.2, 0.25) is 0 Å². The maximum Gasteiger partial charge on any atom is 0.342 e. The predicted molar refractivity (Wildman–Crippen MR) is 94.3 cm³/mol. The number of morpholine rings is 1. The topological polar surface area (TPSA) is 97.8 Å². The average molecular weight is 375 g/mol. The summed E-state index contributed by atoms with van der Waals surface area (Å²) in [6.45, 7) is 1.80. The summed E-state index contributed by atoms with van der Waals surface area (Å²) < 4.78 is 10.3. The minimum absolute atomic E-state index is 0.270. The number of carbonyl (C=O) groups excluding carboxylic acids is 3. The lowest BCUT2D eigenvalue weighted by atomic mass is 10.2. The molecule has 2 amide bonds. The summed E-state index contributed by atoms with van der Waals surface area (Å²) >= 11 is 1.22. The Hall–Kier alpha value is -2.78. The van der Waals surface area contributed by atoms with Gasteiger partial charge in [0.15, 0.2) is 6.61 Å². The first kappa shape index (κ1) is 18.0. The fraction of sp³-hybridized carbons (Fsp3) is 0.294. The molecule has 0 unspecified atom stereocenters. The molecule has 9 heteroatoms. The van der Waals surface area contributed by atoms with Gasteiger partial charge in [0.25, 0.3) is 11.8 Å². The Balaban J connectivity index is 1.58. The lowest BCUT2D eigenvalue weighted by Gasteiger charge is -2.28. The summed E-state index contributed by atoms with van der Waals surface area (Å²) in [4.78, 5) is 42.6. The number of carbonyl (C=O) groups is 3. The lowest BCUT2D eigenvalue weighted by molar-refractivity contribution is -0.123. The van der Waals surface area contributed by atoms with E-state index in [0.29, 0.717) is 37.0 Å². The standard InChI is InChI=1S/C17H17N3O5S/c21-14(19-16(22)13-4-2-10-26-13)11-25-17(23)12-3-1-5-18-15(12)20-6-8-24-9-7-20/h1-5,10H,6-9,11H2,(H,19,21,22). The van der Waals surface area contributed by atoms with Gasteiger partial charge < -0.3 is 14.4 Å². The number of hydrogen-bond acceptors (Lipinski definition) is 8. The number of hydrogen-bond donors (Lipinski definition) is 1. The van der Waals surface area contributed by atoms with E-state index in [9.17, 15) is 14.4 Å². The van der Waals surface area contributed by atoms with Gasteiger partial charge in [0.1, 0.15) is 11.4 Å². The SMILES string of the molecule is O=C(COC(=O)c1cccnc1N1CCOCC1)NC(=O)c1cccs1. The summed E-state index contributed by atoms with van der Waals surface area (Å²) in [5.74, 6) is -1.38. The molecule has 0 aliphatic carbocycles. The van der Waals surface area contributed by atoms with Crippen LogP contribution in [0.1, 0.15) is 20.0 Å². The average Bonchev–Trinajstić information content (AvgIpc) is 3.22.